The zero-order chi connectivity index (χ0) is 12.0. The van der Waals surface area contributed by atoms with Gasteiger partial charge >= 0.3 is 0 Å². The van der Waals surface area contributed by atoms with Crippen LogP contribution in [0.1, 0.15) is 25.1 Å². The molecule has 92 valence electrons. The molecule has 1 aromatic rings. The maximum absolute atomic E-state index is 5.82. The van der Waals surface area contributed by atoms with Gasteiger partial charge in [0.25, 0.3) is 0 Å². The molecule has 0 unspecified atom stereocenters. The van der Waals surface area contributed by atoms with E-state index in [9.17, 15) is 0 Å². The molecule has 1 aromatic heterocycles. The molecule has 0 amide bonds. The molecular formula is C12H22N2OS. The average Bonchev–Trinajstić information content (AvgIpc) is 2.62. The first-order valence-corrected chi connectivity index (χ1v) is 6.44. The number of nitrogens with two attached hydrogens (primary N) is 1. The Morgan fingerprint density at radius 3 is 2.81 bits per heavy atom. The number of anilines is 1. The standard InChI is InChI=1S/C12H22N2OS/c1-12(2,5-6-15-3)9-14-8-11-10(13)4-7-16-11/h4,7,14H,5-6,8-9,13H2,1-3H3. The van der Waals surface area contributed by atoms with Crippen LogP contribution < -0.4 is 11.1 Å². The minimum absolute atomic E-state index is 0.266. The molecule has 0 aliphatic heterocycles. The van der Waals surface area contributed by atoms with Gasteiger partial charge in [-0.3, -0.25) is 0 Å². The lowest BCUT2D eigenvalue weighted by Crippen LogP contribution is -2.30. The van der Waals surface area contributed by atoms with E-state index in [0.29, 0.717) is 0 Å². The van der Waals surface area contributed by atoms with E-state index in [1.54, 1.807) is 18.4 Å². The largest absolute Gasteiger partial charge is 0.398 e. The maximum atomic E-state index is 5.82. The van der Waals surface area contributed by atoms with Crippen molar-refractivity contribution in [2.75, 3.05) is 26.0 Å². The topological polar surface area (TPSA) is 47.3 Å². The van der Waals surface area contributed by atoms with Gasteiger partial charge in [-0.25, -0.2) is 0 Å². The van der Waals surface area contributed by atoms with Gasteiger partial charge in [0.05, 0.1) is 0 Å². The SMILES string of the molecule is COCCC(C)(C)CNCc1sccc1N. The van der Waals surface area contributed by atoms with E-state index in [1.807, 2.05) is 11.4 Å². The van der Waals surface area contributed by atoms with Crippen LogP contribution in [0, 0.1) is 5.41 Å². The van der Waals surface area contributed by atoms with E-state index >= 15 is 0 Å². The first-order valence-electron chi connectivity index (χ1n) is 5.57. The normalized spacial score (nSPS) is 11.9. The van der Waals surface area contributed by atoms with Gasteiger partial charge in [-0.1, -0.05) is 13.8 Å². The fourth-order valence-corrected chi connectivity index (χ4v) is 2.24. The van der Waals surface area contributed by atoms with E-state index < -0.39 is 0 Å². The van der Waals surface area contributed by atoms with Gasteiger partial charge in [-0.05, 0) is 23.3 Å². The summed E-state index contributed by atoms with van der Waals surface area (Å²) in [6, 6.07) is 1.96. The Kier molecular flexibility index (Phi) is 5.25. The molecule has 4 heteroatoms. The predicted octanol–water partition coefficient (Wildman–Crippen LogP) is 2.48. The summed E-state index contributed by atoms with van der Waals surface area (Å²) in [6.07, 6.45) is 1.07. The number of thiophene rings is 1. The Bertz CT molecular complexity index is 310. The third kappa shape index (κ3) is 4.51. The van der Waals surface area contributed by atoms with Gasteiger partial charge in [0.2, 0.25) is 0 Å². The summed E-state index contributed by atoms with van der Waals surface area (Å²) < 4.78 is 5.10. The van der Waals surface area contributed by atoms with Crippen molar-refractivity contribution < 1.29 is 4.74 Å². The summed E-state index contributed by atoms with van der Waals surface area (Å²) in [5.41, 5.74) is 6.98. The van der Waals surface area contributed by atoms with E-state index in [0.717, 1.165) is 31.8 Å². The van der Waals surface area contributed by atoms with E-state index in [1.165, 1.54) is 4.88 Å². The van der Waals surface area contributed by atoms with Crippen LogP contribution in [0.5, 0.6) is 0 Å². The Balaban J connectivity index is 2.27. The predicted molar refractivity (Wildman–Crippen MR) is 70.7 cm³/mol. The summed E-state index contributed by atoms with van der Waals surface area (Å²) in [5, 5.41) is 5.48. The number of methoxy groups -OCH3 is 1. The second-order valence-corrected chi connectivity index (χ2v) is 5.81. The maximum Gasteiger partial charge on any atom is 0.0468 e. The second-order valence-electron chi connectivity index (χ2n) is 4.81. The molecule has 3 nitrogen and oxygen atoms in total. The highest BCUT2D eigenvalue weighted by Gasteiger charge is 2.16. The fourth-order valence-electron chi connectivity index (χ4n) is 1.48. The monoisotopic (exact) mass is 242 g/mol. The highest BCUT2D eigenvalue weighted by Crippen LogP contribution is 2.21. The molecule has 0 aromatic carbocycles. The van der Waals surface area contributed by atoms with Crippen molar-refractivity contribution in [3.63, 3.8) is 0 Å². The molecule has 0 bridgehead atoms. The molecule has 0 atom stereocenters. The summed E-state index contributed by atoms with van der Waals surface area (Å²) >= 11 is 1.71. The molecule has 0 saturated heterocycles. The molecule has 0 aliphatic carbocycles. The van der Waals surface area contributed by atoms with Crippen LogP contribution in [0.4, 0.5) is 5.69 Å². The number of nitrogens with one attached hydrogen (secondary N) is 1. The van der Waals surface area contributed by atoms with Crippen LogP contribution in [0.15, 0.2) is 11.4 Å². The molecule has 0 aliphatic rings. The van der Waals surface area contributed by atoms with Crippen molar-refractivity contribution >= 4 is 17.0 Å². The van der Waals surface area contributed by atoms with Crippen molar-refractivity contribution in [2.24, 2.45) is 5.41 Å². The summed E-state index contributed by atoms with van der Waals surface area (Å²) in [5.74, 6) is 0. The lowest BCUT2D eigenvalue weighted by atomic mass is 9.90. The first-order chi connectivity index (χ1) is 7.55. The zero-order valence-corrected chi connectivity index (χ0v) is 11.2. The van der Waals surface area contributed by atoms with Crippen molar-refractivity contribution in [2.45, 2.75) is 26.8 Å². The minimum atomic E-state index is 0.266. The van der Waals surface area contributed by atoms with Crippen LogP contribution in [-0.4, -0.2) is 20.3 Å². The van der Waals surface area contributed by atoms with Crippen LogP contribution in [0.2, 0.25) is 0 Å². The van der Waals surface area contributed by atoms with Crippen LogP contribution >= 0.6 is 11.3 Å². The minimum Gasteiger partial charge on any atom is -0.398 e. The summed E-state index contributed by atoms with van der Waals surface area (Å²) in [7, 11) is 1.75. The third-order valence-electron chi connectivity index (χ3n) is 2.65. The van der Waals surface area contributed by atoms with E-state index in [-0.39, 0.29) is 5.41 Å². The molecular weight excluding hydrogens is 220 g/mol. The quantitative estimate of drug-likeness (QED) is 0.772. The highest BCUT2D eigenvalue weighted by molar-refractivity contribution is 7.10. The van der Waals surface area contributed by atoms with E-state index in [2.05, 4.69) is 19.2 Å². The highest BCUT2D eigenvalue weighted by atomic mass is 32.1. The molecule has 1 rings (SSSR count). The smallest absolute Gasteiger partial charge is 0.0468 e. The molecule has 1 heterocycles. The second kappa shape index (κ2) is 6.23. The summed E-state index contributed by atoms with van der Waals surface area (Å²) in [4.78, 5) is 1.22. The Morgan fingerprint density at radius 1 is 1.50 bits per heavy atom. The summed E-state index contributed by atoms with van der Waals surface area (Å²) in [6.45, 7) is 7.15. The van der Waals surface area contributed by atoms with Gasteiger partial charge < -0.3 is 15.8 Å². The lowest BCUT2D eigenvalue weighted by molar-refractivity contribution is 0.150. The van der Waals surface area contributed by atoms with Crippen LogP contribution in [-0.2, 0) is 11.3 Å². The zero-order valence-electron chi connectivity index (χ0n) is 10.4. The Labute approximate surface area is 102 Å². The number of nitrogen functional groups attached to an aromatic ring is 1. The fraction of sp³-hybridized carbons (Fsp3) is 0.667. The molecule has 0 spiro atoms. The van der Waals surface area contributed by atoms with Crippen LogP contribution in [0.25, 0.3) is 0 Å². The molecule has 0 radical (unpaired) electrons. The first kappa shape index (κ1) is 13.5. The average molecular weight is 242 g/mol. The number of hydrogen-bond acceptors (Lipinski definition) is 4. The Morgan fingerprint density at radius 2 is 2.25 bits per heavy atom. The van der Waals surface area contributed by atoms with Gasteiger partial charge in [-0.2, -0.15) is 0 Å². The number of rotatable bonds is 7. The Hall–Kier alpha value is -0.580. The van der Waals surface area contributed by atoms with Gasteiger partial charge in [0.15, 0.2) is 0 Å². The lowest BCUT2D eigenvalue weighted by Gasteiger charge is -2.24. The van der Waals surface area contributed by atoms with Gasteiger partial charge in [0, 0.05) is 37.4 Å². The molecule has 0 fully saturated rings. The third-order valence-corrected chi connectivity index (χ3v) is 3.59. The van der Waals surface area contributed by atoms with Crippen molar-refractivity contribution in [1.29, 1.82) is 0 Å². The molecule has 3 N–H and O–H groups in total. The van der Waals surface area contributed by atoms with E-state index in [4.69, 9.17) is 10.5 Å². The van der Waals surface area contributed by atoms with Crippen molar-refractivity contribution in [3.8, 4) is 0 Å². The van der Waals surface area contributed by atoms with Crippen molar-refractivity contribution in [3.05, 3.63) is 16.3 Å². The van der Waals surface area contributed by atoms with Gasteiger partial charge in [0.1, 0.15) is 0 Å². The van der Waals surface area contributed by atoms with Crippen molar-refractivity contribution in [1.82, 2.24) is 5.32 Å². The molecule has 16 heavy (non-hydrogen) atoms. The molecule has 0 saturated carbocycles. The van der Waals surface area contributed by atoms with Gasteiger partial charge in [-0.15, -0.1) is 11.3 Å². The number of hydrogen-bond donors (Lipinski definition) is 2. The van der Waals surface area contributed by atoms with Crippen LogP contribution in [0.3, 0.4) is 0 Å². The number of ether oxygens (including phenoxy) is 1.